The number of rotatable bonds is 7. The van der Waals surface area contributed by atoms with Crippen molar-refractivity contribution < 1.29 is 9.47 Å². The molecule has 3 nitrogen and oxygen atoms in total. The summed E-state index contributed by atoms with van der Waals surface area (Å²) in [6, 6.07) is 0. The Bertz CT molecular complexity index is 645. The average Bonchev–Trinajstić information content (AvgIpc) is 2.86. The lowest BCUT2D eigenvalue weighted by Gasteiger charge is -2.25. The summed E-state index contributed by atoms with van der Waals surface area (Å²) < 4.78 is 11.5. The van der Waals surface area contributed by atoms with E-state index in [0.717, 1.165) is 36.4 Å². The van der Waals surface area contributed by atoms with Gasteiger partial charge in [-0.05, 0) is 37.3 Å². The Balaban J connectivity index is 2.20. The number of hydrogen-bond donors (Lipinski definition) is 1. The van der Waals surface area contributed by atoms with Crippen LogP contribution in [-0.4, -0.2) is 19.8 Å². The Kier molecular flexibility index (Phi) is 7.36. The van der Waals surface area contributed by atoms with E-state index in [1.165, 1.54) is 5.57 Å². The molecule has 3 atom stereocenters. The van der Waals surface area contributed by atoms with E-state index in [1.54, 1.807) is 7.11 Å². The molecule has 0 saturated carbocycles. The second kappa shape index (κ2) is 9.50. The molecule has 136 valence electrons. The van der Waals surface area contributed by atoms with E-state index in [0.29, 0.717) is 12.5 Å². The van der Waals surface area contributed by atoms with Crippen molar-refractivity contribution in [2.75, 3.05) is 13.7 Å². The van der Waals surface area contributed by atoms with E-state index in [9.17, 15) is 0 Å². The average molecular weight is 341 g/mol. The molecule has 0 spiro atoms. The maximum absolute atomic E-state index is 6.01. The topological polar surface area (TPSA) is 44.5 Å². The summed E-state index contributed by atoms with van der Waals surface area (Å²) in [6.07, 6.45) is 15.9. The van der Waals surface area contributed by atoms with Gasteiger partial charge in [0.2, 0.25) is 0 Å². The minimum absolute atomic E-state index is 0.100. The van der Waals surface area contributed by atoms with E-state index in [-0.39, 0.29) is 12.0 Å². The third-order valence-electron chi connectivity index (χ3n) is 4.77. The summed E-state index contributed by atoms with van der Waals surface area (Å²) in [5, 5.41) is 0. The lowest BCUT2D eigenvalue weighted by Crippen LogP contribution is -2.27. The SMILES string of the molecule is CCC(C)/C=C(\C=C/C(C)C1=C=C2O[C@@H](CN)CCC2=CC=C1)OC. The lowest BCUT2D eigenvalue weighted by atomic mass is 9.99. The second-order valence-corrected chi connectivity index (χ2v) is 6.78. The van der Waals surface area contributed by atoms with Crippen LogP contribution in [0.2, 0.25) is 0 Å². The first-order valence-corrected chi connectivity index (χ1v) is 9.26. The van der Waals surface area contributed by atoms with Gasteiger partial charge in [0.05, 0.1) is 7.11 Å². The highest BCUT2D eigenvalue weighted by Gasteiger charge is 2.21. The number of nitrogens with two attached hydrogens (primary N) is 1. The molecular formula is C22H31NO2. The zero-order valence-electron chi connectivity index (χ0n) is 15.9. The number of hydrogen-bond acceptors (Lipinski definition) is 3. The minimum Gasteiger partial charge on any atom is -0.497 e. The van der Waals surface area contributed by atoms with Crippen LogP contribution in [0.15, 0.2) is 64.9 Å². The largest absolute Gasteiger partial charge is 0.497 e. The van der Waals surface area contributed by atoms with E-state index in [4.69, 9.17) is 15.2 Å². The van der Waals surface area contributed by atoms with Gasteiger partial charge in [-0.1, -0.05) is 50.8 Å². The number of allylic oxidation sites excluding steroid dienone is 7. The highest BCUT2D eigenvalue weighted by Crippen LogP contribution is 2.29. The fourth-order valence-corrected chi connectivity index (χ4v) is 2.81. The van der Waals surface area contributed by atoms with E-state index in [1.807, 2.05) is 6.08 Å². The van der Waals surface area contributed by atoms with Gasteiger partial charge in [0.1, 0.15) is 11.9 Å². The van der Waals surface area contributed by atoms with Crippen LogP contribution in [0.25, 0.3) is 0 Å². The standard InChI is InChI=1S/C22H31NO2/c1-5-16(2)13-20(24-4)11-9-17(3)19-8-6-7-18-10-12-21(15-23)25-22(18)14-19/h6-9,11,13,16-17,21H,5,10,12,15,23H2,1-4H3/b11-9-,20-13+/t16?,17?,21-/m1/s1. The van der Waals surface area contributed by atoms with Crippen molar-refractivity contribution in [2.24, 2.45) is 17.6 Å². The molecule has 2 rings (SSSR count). The quantitative estimate of drug-likeness (QED) is 0.411. The maximum atomic E-state index is 6.01. The second-order valence-electron chi connectivity index (χ2n) is 6.78. The monoisotopic (exact) mass is 341 g/mol. The summed E-state index contributed by atoms with van der Waals surface area (Å²) in [5.74, 6) is 2.48. The third kappa shape index (κ3) is 5.52. The van der Waals surface area contributed by atoms with Crippen LogP contribution in [0.5, 0.6) is 0 Å². The predicted octanol–water partition coefficient (Wildman–Crippen LogP) is 4.80. The highest BCUT2D eigenvalue weighted by atomic mass is 16.5. The van der Waals surface area contributed by atoms with Crippen LogP contribution in [0, 0.1) is 11.8 Å². The van der Waals surface area contributed by atoms with Crippen LogP contribution in [-0.2, 0) is 9.47 Å². The molecule has 0 aromatic heterocycles. The summed E-state index contributed by atoms with van der Waals surface area (Å²) >= 11 is 0. The van der Waals surface area contributed by atoms with Gasteiger partial charge in [-0.15, -0.1) is 0 Å². The molecular weight excluding hydrogens is 310 g/mol. The fourth-order valence-electron chi connectivity index (χ4n) is 2.81. The van der Waals surface area contributed by atoms with E-state index >= 15 is 0 Å². The summed E-state index contributed by atoms with van der Waals surface area (Å²) in [4.78, 5) is 0. The fraction of sp³-hybridized carbons (Fsp3) is 0.500. The van der Waals surface area contributed by atoms with Gasteiger partial charge in [-0.3, -0.25) is 0 Å². The van der Waals surface area contributed by atoms with Crippen molar-refractivity contribution in [3.8, 4) is 0 Å². The first-order valence-electron chi connectivity index (χ1n) is 9.26. The molecule has 2 aliphatic rings. The van der Waals surface area contributed by atoms with Gasteiger partial charge < -0.3 is 15.2 Å². The van der Waals surface area contributed by atoms with Crippen molar-refractivity contribution in [3.63, 3.8) is 0 Å². The molecule has 0 amide bonds. The number of methoxy groups -OCH3 is 1. The molecule has 2 unspecified atom stereocenters. The van der Waals surface area contributed by atoms with Gasteiger partial charge in [0.15, 0.2) is 5.76 Å². The predicted molar refractivity (Wildman–Crippen MR) is 104 cm³/mol. The van der Waals surface area contributed by atoms with Crippen molar-refractivity contribution in [3.05, 3.63) is 64.9 Å². The van der Waals surface area contributed by atoms with E-state index in [2.05, 4.69) is 56.9 Å². The summed E-state index contributed by atoms with van der Waals surface area (Å²) in [7, 11) is 1.72. The third-order valence-corrected chi connectivity index (χ3v) is 4.77. The molecule has 1 heterocycles. The number of ether oxygens (including phenoxy) is 2. The Morgan fingerprint density at radius 1 is 1.48 bits per heavy atom. The molecule has 25 heavy (non-hydrogen) atoms. The number of fused-ring (bicyclic) bond motifs is 1. The molecule has 0 aromatic carbocycles. The molecule has 1 fully saturated rings. The van der Waals surface area contributed by atoms with Crippen LogP contribution in [0.4, 0.5) is 0 Å². The summed E-state index contributed by atoms with van der Waals surface area (Å²) in [5.41, 5.74) is 11.5. The first-order chi connectivity index (χ1) is 12.1. The molecule has 0 aromatic rings. The van der Waals surface area contributed by atoms with Crippen molar-refractivity contribution in [1.29, 1.82) is 0 Å². The van der Waals surface area contributed by atoms with Crippen molar-refractivity contribution in [2.45, 2.75) is 46.1 Å². The van der Waals surface area contributed by atoms with Crippen LogP contribution >= 0.6 is 0 Å². The smallest absolute Gasteiger partial charge is 0.166 e. The van der Waals surface area contributed by atoms with Gasteiger partial charge in [0, 0.05) is 23.6 Å². The summed E-state index contributed by atoms with van der Waals surface area (Å²) in [6.45, 7) is 7.08. The van der Waals surface area contributed by atoms with Crippen LogP contribution in [0.1, 0.15) is 40.0 Å². The molecule has 1 saturated heterocycles. The molecule has 2 N–H and O–H groups in total. The van der Waals surface area contributed by atoms with Gasteiger partial charge in [0.25, 0.3) is 0 Å². The zero-order valence-corrected chi connectivity index (χ0v) is 15.9. The van der Waals surface area contributed by atoms with E-state index < -0.39 is 0 Å². The highest BCUT2D eigenvalue weighted by molar-refractivity contribution is 5.40. The van der Waals surface area contributed by atoms with Crippen molar-refractivity contribution in [1.82, 2.24) is 0 Å². The van der Waals surface area contributed by atoms with Gasteiger partial charge in [-0.25, -0.2) is 0 Å². The molecule has 0 radical (unpaired) electrons. The first kappa shape index (κ1) is 19.4. The Morgan fingerprint density at radius 2 is 2.28 bits per heavy atom. The Morgan fingerprint density at radius 3 is 2.96 bits per heavy atom. The normalized spacial score (nSPS) is 23.0. The molecule has 1 aliphatic heterocycles. The minimum atomic E-state index is 0.100. The van der Waals surface area contributed by atoms with Crippen LogP contribution in [0.3, 0.4) is 0 Å². The van der Waals surface area contributed by atoms with Gasteiger partial charge >= 0.3 is 0 Å². The zero-order chi connectivity index (χ0) is 18.2. The molecule has 0 bridgehead atoms. The maximum Gasteiger partial charge on any atom is 0.166 e. The Labute approximate surface area is 152 Å². The van der Waals surface area contributed by atoms with Crippen molar-refractivity contribution >= 4 is 0 Å². The molecule has 3 heteroatoms. The Hall–Kier alpha value is -1.96. The molecule has 1 aliphatic carbocycles. The lowest BCUT2D eigenvalue weighted by molar-refractivity contribution is 0.102. The van der Waals surface area contributed by atoms with Gasteiger partial charge in [-0.2, -0.15) is 0 Å². The van der Waals surface area contributed by atoms with Crippen LogP contribution < -0.4 is 5.73 Å².